The Morgan fingerprint density at radius 2 is 1.83 bits per heavy atom. The van der Waals surface area contributed by atoms with Crippen molar-refractivity contribution in [3.05, 3.63) is 0 Å². The van der Waals surface area contributed by atoms with Crippen LogP contribution in [0.4, 0.5) is 0 Å². The van der Waals surface area contributed by atoms with Gasteiger partial charge >= 0.3 is 0 Å². The van der Waals surface area contributed by atoms with Crippen LogP contribution in [0.5, 0.6) is 0 Å². The molecule has 12 heavy (non-hydrogen) atoms. The lowest BCUT2D eigenvalue weighted by Gasteiger charge is -2.22. The summed E-state index contributed by atoms with van der Waals surface area (Å²) in [7, 11) is 0. The predicted molar refractivity (Wildman–Crippen MR) is 48.2 cm³/mol. The van der Waals surface area contributed by atoms with Crippen LogP contribution in [-0.4, -0.2) is 37.1 Å². The SMILES string of the molecule is CCCOCCOC(C)(C)CO. The third-order valence-electron chi connectivity index (χ3n) is 1.45. The van der Waals surface area contributed by atoms with E-state index in [0.717, 1.165) is 13.0 Å². The maximum absolute atomic E-state index is 8.83. The summed E-state index contributed by atoms with van der Waals surface area (Å²) in [5, 5.41) is 8.83. The van der Waals surface area contributed by atoms with E-state index in [4.69, 9.17) is 14.6 Å². The first-order valence-electron chi connectivity index (χ1n) is 4.45. The van der Waals surface area contributed by atoms with Gasteiger partial charge in [-0.3, -0.25) is 0 Å². The Kier molecular flexibility index (Phi) is 6.34. The largest absolute Gasteiger partial charge is 0.393 e. The predicted octanol–water partition coefficient (Wildman–Crippen LogP) is 1.20. The van der Waals surface area contributed by atoms with Crippen LogP contribution in [0.3, 0.4) is 0 Å². The van der Waals surface area contributed by atoms with Crippen molar-refractivity contribution in [3.8, 4) is 0 Å². The molecule has 3 heteroatoms. The van der Waals surface area contributed by atoms with Crippen molar-refractivity contribution < 1.29 is 14.6 Å². The van der Waals surface area contributed by atoms with Crippen molar-refractivity contribution in [2.24, 2.45) is 0 Å². The second kappa shape index (κ2) is 6.40. The van der Waals surface area contributed by atoms with Crippen molar-refractivity contribution in [3.63, 3.8) is 0 Å². The van der Waals surface area contributed by atoms with E-state index in [9.17, 15) is 0 Å². The molecule has 0 saturated carbocycles. The normalized spacial score (nSPS) is 12.0. The van der Waals surface area contributed by atoms with E-state index in [0.29, 0.717) is 13.2 Å². The second-order valence-corrected chi connectivity index (χ2v) is 3.38. The van der Waals surface area contributed by atoms with Crippen LogP contribution in [0.2, 0.25) is 0 Å². The standard InChI is InChI=1S/C9H20O3/c1-4-5-11-6-7-12-9(2,3)8-10/h10H,4-8H2,1-3H3. The molecule has 0 aromatic carbocycles. The molecule has 0 radical (unpaired) electrons. The van der Waals surface area contributed by atoms with Crippen LogP contribution < -0.4 is 0 Å². The minimum absolute atomic E-state index is 0.0424. The summed E-state index contributed by atoms with van der Waals surface area (Å²) in [4.78, 5) is 0. The molecule has 74 valence electrons. The van der Waals surface area contributed by atoms with Crippen molar-refractivity contribution in [1.82, 2.24) is 0 Å². The van der Waals surface area contributed by atoms with Crippen LogP contribution in [0.25, 0.3) is 0 Å². The molecule has 0 spiro atoms. The molecule has 0 heterocycles. The van der Waals surface area contributed by atoms with Gasteiger partial charge in [0.05, 0.1) is 25.4 Å². The zero-order valence-electron chi connectivity index (χ0n) is 8.30. The monoisotopic (exact) mass is 176 g/mol. The number of hydrogen-bond donors (Lipinski definition) is 1. The summed E-state index contributed by atoms with van der Waals surface area (Å²) in [5.41, 5.74) is -0.435. The summed E-state index contributed by atoms with van der Waals surface area (Å²) in [6, 6.07) is 0. The molecule has 0 aliphatic carbocycles. The lowest BCUT2D eigenvalue weighted by molar-refractivity contribution is -0.0726. The smallest absolute Gasteiger partial charge is 0.0857 e. The van der Waals surface area contributed by atoms with E-state index in [-0.39, 0.29) is 6.61 Å². The Morgan fingerprint density at radius 3 is 2.33 bits per heavy atom. The molecule has 0 amide bonds. The van der Waals surface area contributed by atoms with E-state index in [1.807, 2.05) is 13.8 Å². The highest BCUT2D eigenvalue weighted by Crippen LogP contribution is 2.06. The number of hydrogen-bond acceptors (Lipinski definition) is 3. The topological polar surface area (TPSA) is 38.7 Å². The maximum Gasteiger partial charge on any atom is 0.0857 e. The summed E-state index contributed by atoms with van der Waals surface area (Å²) < 4.78 is 10.6. The Hall–Kier alpha value is -0.120. The maximum atomic E-state index is 8.83. The molecule has 0 aromatic heterocycles. The molecule has 1 N–H and O–H groups in total. The third-order valence-corrected chi connectivity index (χ3v) is 1.45. The third kappa shape index (κ3) is 6.58. The second-order valence-electron chi connectivity index (χ2n) is 3.38. The van der Waals surface area contributed by atoms with Gasteiger partial charge in [0, 0.05) is 6.61 Å². The van der Waals surface area contributed by atoms with Crippen LogP contribution in [-0.2, 0) is 9.47 Å². The van der Waals surface area contributed by atoms with Crippen LogP contribution in [0.15, 0.2) is 0 Å². The van der Waals surface area contributed by atoms with Crippen LogP contribution >= 0.6 is 0 Å². The zero-order chi connectivity index (χ0) is 9.45. The van der Waals surface area contributed by atoms with Gasteiger partial charge in [0.25, 0.3) is 0 Å². The molecule has 0 aromatic rings. The molecule has 0 aliphatic heterocycles. The van der Waals surface area contributed by atoms with Gasteiger partial charge in [-0.25, -0.2) is 0 Å². The van der Waals surface area contributed by atoms with E-state index >= 15 is 0 Å². The van der Waals surface area contributed by atoms with E-state index in [1.165, 1.54) is 0 Å². The highest BCUT2D eigenvalue weighted by molar-refractivity contribution is 4.65. The molecule has 3 nitrogen and oxygen atoms in total. The van der Waals surface area contributed by atoms with E-state index in [1.54, 1.807) is 0 Å². The molecule has 0 rings (SSSR count). The van der Waals surface area contributed by atoms with Gasteiger partial charge < -0.3 is 14.6 Å². The molecule has 0 saturated heterocycles. The molecular formula is C9H20O3. The average molecular weight is 176 g/mol. The summed E-state index contributed by atoms with van der Waals surface area (Å²) in [6.45, 7) is 7.76. The van der Waals surface area contributed by atoms with Gasteiger partial charge in [-0.05, 0) is 20.3 Å². The first-order chi connectivity index (χ1) is 5.62. The van der Waals surface area contributed by atoms with E-state index < -0.39 is 5.60 Å². The fourth-order valence-corrected chi connectivity index (χ4v) is 0.669. The minimum Gasteiger partial charge on any atom is -0.393 e. The number of rotatable bonds is 7. The Morgan fingerprint density at radius 1 is 1.17 bits per heavy atom. The van der Waals surface area contributed by atoms with Gasteiger partial charge in [-0.15, -0.1) is 0 Å². The summed E-state index contributed by atoms with van der Waals surface area (Å²) in [5.74, 6) is 0. The molecule has 0 unspecified atom stereocenters. The zero-order valence-corrected chi connectivity index (χ0v) is 8.30. The molecule has 0 bridgehead atoms. The molecular weight excluding hydrogens is 156 g/mol. The van der Waals surface area contributed by atoms with Crippen molar-refractivity contribution in [1.29, 1.82) is 0 Å². The fourth-order valence-electron chi connectivity index (χ4n) is 0.669. The van der Waals surface area contributed by atoms with Crippen molar-refractivity contribution in [2.45, 2.75) is 32.8 Å². The van der Waals surface area contributed by atoms with Crippen molar-refractivity contribution >= 4 is 0 Å². The first-order valence-corrected chi connectivity index (χ1v) is 4.45. The fraction of sp³-hybridized carbons (Fsp3) is 1.00. The first kappa shape index (κ1) is 11.9. The van der Waals surface area contributed by atoms with Crippen LogP contribution in [0, 0.1) is 0 Å². The van der Waals surface area contributed by atoms with Gasteiger partial charge in [0.1, 0.15) is 0 Å². The Bertz CT molecular complexity index is 102. The lowest BCUT2D eigenvalue weighted by Crippen LogP contribution is -2.30. The molecule has 0 fully saturated rings. The molecule has 0 aliphatic rings. The van der Waals surface area contributed by atoms with Gasteiger partial charge in [0.2, 0.25) is 0 Å². The van der Waals surface area contributed by atoms with Gasteiger partial charge in [0.15, 0.2) is 0 Å². The number of aliphatic hydroxyl groups is 1. The summed E-state index contributed by atoms with van der Waals surface area (Å²) >= 11 is 0. The quantitative estimate of drug-likeness (QED) is 0.592. The van der Waals surface area contributed by atoms with Gasteiger partial charge in [-0.1, -0.05) is 6.92 Å². The Labute approximate surface area is 74.7 Å². The lowest BCUT2D eigenvalue weighted by atomic mass is 10.1. The van der Waals surface area contributed by atoms with E-state index in [2.05, 4.69) is 6.92 Å². The number of aliphatic hydroxyl groups excluding tert-OH is 1. The molecule has 0 atom stereocenters. The number of ether oxygens (including phenoxy) is 2. The van der Waals surface area contributed by atoms with Crippen LogP contribution in [0.1, 0.15) is 27.2 Å². The highest BCUT2D eigenvalue weighted by Gasteiger charge is 2.15. The summed E-state index contributed by atoms with van der Waals surface area (Å²) in [6.07, 6.45) is 1.03. The minimum atomic E-state index is -0.435. The van der Waals surface area contributed by atoms with Gasteiger partial charge in [-0.2, -0.15) is 0 Å². The Balaban J connectivity index is 3.19. The highest BCUT2D eigenvalue weighted by atomic mass is 16.5. The van der Waals surface area contributed by atoms with Crippen molar-refractivity contribution in [2.75, 3.05) is 26.4 Å². The average Bonchev–Trinajstić information content (AvgIpc) is 2.04.